The van der Waals surface area contributed by atoms with Crippen LogP contribution >= 0.6 is 0 Å². The molecule has 0 amide bonds. The highest BCUT2D eigenvalue weighted by Crippen LogP contribution is 2.01. The van der Waals surface area contributed by atoms with Gasteiger partial charge in [0.2, 0.25) is 0 Å². The molecule has 1 aromatic heterocycles. The molecule has 1 radical (unpaired) electrons. The topological polar surface area (TPSA) is 39.4 Å². The third-order valence-electron chi connectivity index (χ3n) is 1.15. The zero-order valence-electron chi connectivity index (χ0n) is 6.24. The number of rotatable bonds is 3. The van der Waals surface area contributed by atoms with Crippen LogP contribution in [0.25, 0.3) is 0 Å². The van der Waals surface area contributed by atoms with Gasteiger partial charge in [-0.05, 0) is 19.1 Å². The predicted molar refractivity (Wildman–Crippen MR) is 38.5 cm³/mol. The first-order valence-corrected chi connectivity index (χ1v) is 3.32. The molecule has 0 spiro atoms. The fourth-order valence-electron chi connectivity index (χ4n) is 0.729. The van der Waals surface area contributed by atoms with Gasteiger partial charge in [-0.2, -0.15) is 0 Å². The SMILES string of the molecule is C[CH]OC(=O)Cc1ccco1. The second-order valence-corrected chi connectivity index (χ2v) is 1.98. The van der Waals surface area contributed by atoms with Crippen LogP contribution in [0.1, 0.15) is 12.7 Å². The summed E-state index contributed by atoms with van der Waals surface area (Å²) >= 11 is 0. The summed E-state index contributed by atoms with van der Waals surface area (Å²) in [5.74, 6) is 0.319. The Balaban J connectivity index is 2.37. The zero-order valence-corrected chi connectivity index (χ0v) is 6.24. The van der Waals surface area contributed by atoms with Crippen LogP contribution in [-0.2, 0) is 16.0 Å². The van der Waals surface area contributed by atoms with Gasteiger partial charge in [0.05, 0.1) is 6.26 Å². The van der Waals surface area contributed by atoms with Crippen molar-refractivity contribution in [1.29, 1.82) is 0 Å². The molecule has 1 rings (SSSR count). The molecular weight excluding hydrogens is 144 g/mol. The Morgan fingerprint density at radius 3 is 3.18 bits per heavy atom. The lowest BCUT2D eigenvalue weighted by atomic mass is 10.3. The minimum absolute atomic E-state index is 0.192. The van der Waals surface area contributed by atoms with Gasteiger partial charge in [0, 0.05) is 0 Å². The molecule has 0 saturated heterocycles. The fourth-order valence-corrected chi connectivity index (χ4v) is 0.729. The first-order chi connectivity index (χ1) is 5.33. The van der Waals surface area contributed by atoms with Crippen molar-refractivity contribution in [3.63, 3.8) is 0 Å². The van der Waals surface area contributed by atoms with Gasteiger partial charge in [0.25, 0.3) is 0 Å². The molecule has 0 fully saturated rings. The average Bonchev–Trinajstić information content (AvgIpc) is 2.40. The van der Waals surface area contributed by atoms with E-state index in [0.717, 1.165) is 0 Å². The summed E-state index contributed by atoms with van der Waals surface area (Å²) in [5.41, 5.74) is 0. The van der Waals surface area contributed by atoms with E-state index in [2.05, 4.69) is 4.74 Å². The molecule has 3 heteroatoms. The lowest BCUT2D eigenvalue weighted by Gasteiger charge is -1.96. The van der Waals surface area contributed by atoms with E-state index in [-0.39, 0.29) is 12.4 Å². The number of furan rings is 1. The van der Waals surface area contributed by atoms with Crippen LogP contribution in [0.5, 0.6) is 0 Å². The quantitative estimate of drug-likeness (QED) is 0.618. The molecular formula is C8H9O3. The Morgan fingerprint density at radius 1 is 1.82 bits per heavy atom. The predicted octanol–water partition coefficient (Wildman–Crippen LogP) is 1.55. The first kappa shape index (κ1) is 7.85. The smallest absolute Gasteiger partial charge is 0.313 e. The molecule has 0 aliphatic rings. The van der Waals surface area contributed by atoms with Crippen LogP contribution in [0, 0.1) is 6.61 Å². The Labute approximate surface area is 65.0 Å². The van der Waals surface area contributed by atoms with Gasteiger partial charge in [0.15, 0.2) is 0 Å². The number of hydrogen-bond donors (Lipinski definition) is 0. The van der Waals surface area contributed by atoms with E-state index in [1.807, 2.05) is 0 Å². The molecule has 11 heavy (non-hydrogen) atoms. The van der Waals surface area contributed by atoms with E-state index in [1.165, 1.54) is 12.9 Å². The summed E-state index contributed by atoms with van der Waals surface area (Å²) in [6.07, 6.45) is 1.72. The number of carbonyl (C=O) groups excluding carboxylic acids is 1. The van der Waals surface area contributed by atoms with Crippen molar-refractivity contribution in [3.8, 4) is 0 Å². The number of hydrogen-bond acceptors (Lipinski definition) is 3. The van der Waals surface area contributed by atoms with Crippen LogP contribution in [-0.4, -0.2) is 5.97 Å². The standard InChI is InChI=1S/C8H9O3/c1-2-10-8(9)6-7-4-3-5-11-7/h2-5H,6H2,1H3. The van der Waals surface area contributed by atoms with Crippen molar-refractivity contribution in [3.05, 3.63) is 30.8 Å². The van der Waals surface area contributed by atoms with Crippen molar-refractivity contribution < 1.29 is 13.9 Å². The summed E-state index contributed by atoms with van der Waals surface area (Å²) in [5, 5.41) is 0. The highest BCUT2D eigenvalue weighted by Gasteiger charge is 2.04. The molecule has 0 aliphatic carbocycles. The molecule has 0 atom stereocenters. The fraction of sp³-hybridized carbons (Fsp3) is 0.250. The van der Waals surface area contributed by atoms with Gasteiger partial charge in [-0.1, -0.05) is 0 Å². The summed E-state index contributed by atoms with van der Waals surface area (Å²) in [7, 11) is 0. The second-order valence-electron chi connectivity index (χ2n) is 1.98. The molecule has 0 bridgehead atoms. The van der Waals surface area contributed by atoms with E-state index in [0.29, 0.717) is 5.76 Å². The largest absolute Gasteiger partial charge is 0.469 e. The zero-order chi connectivity index (χ0) is 8.10. The Morgan fingerprint density at radius 2 is 2.64 bits per heavy atom. The summed E-state index contributed by atoms with van der Waals surface area (Å²) < 4.78 is 9.53. The molecule has 0 saturated carbocycles. The van der Waals surface area contributed by atoms with E-state index < -0.39 is 0 Å². The van der Waals surface area contributed by atoms with Gasteiger partial charge in [-0.25, -0.2) is 0 Å². The molecule has 0 aliphatic heterocycles. The molecule has 1 heterocycles. The monoisotopic (exact) mass is 153 g/mol. The van der Waals surface area contributed by atoms with Gasteiger partial charge in [0.1, 0.15) is 18.8 Å². The first-order valence-electron chi connectivity index (χ1n) is 3.32. The maximum Gasteiger partial charge on any atom is 0.313 e. The van der Waals surface area contributed by atoms with Crippen LogP contribution in [0.4, 0.5) is 0 Å². The molecule has 0 N–H and O–H groups in total. The highest BCUT2D eigenvalue weighted by molar-refractivity contribution is 5.72. The number of esters is 1. The number of ether oxygens (including phenoxy) is 1. The van der Waals surface area contributed by atoms with Gasteiger partial charge in [-0.15, -0.1) is 0 Å². The normalized spacial score (nSPS) is 9.55. The Hall–Kier alpha value is -1.25. The second kappa shape index (κ2) is 3.81. The Bertz CT molecular complexity index is 213. The summed E-state index contributed by atoms with van der Waals surface area (Å²) in [4.78, 5) is 10.8. The minimum Gasteiger partial charge on any atom is -0.469 e. The summed E-state index contributed by atoms with van der Waals surface area (Å²) in [6, 6.07) is 3.47. The maximum absolute atomic E-state index is 10.8. The van der Waals surface area contributed by atoms with Crippen LogP contribution in [0.15, 0.2) is 22.8 Å². The molecule has 0 aromatic carbocycles. The van der Waals surface area contributed by atoms with Gasteiger partial charge >= 0.3 is 5.97 Å². The lowest BCUT2D eigenvalue weighted by Crippen LogP contribution is -2.04. The van der Waals surface area contributed by atoms with E-state index in [1.54, 1.807) is 19.1 Å². The molecule has 1 aromatic rings. The molecule has 0 unspecified atom stereocenters. The third-order valence-corrected chi connectivity index (χ3v) is 1.15. The van der Waals surface area contributed by atoms with Crippen molar-refractivity contribution in [1.82, 2.24) is 0 Å². The van der Waals surface area contributed by atoms with Crippen molar-refractivity contribution >= 4 is 5.97 Å². The highest BCUT2D eigenvalue weighted by atomic mass is 16.5. The number of carbonyl (C=O) groups is 1. The minimum atomic E-state index is -0.303. The van der Waals surface area contributed by atoms with E-state index in [4.69, 9.17) is 4.42 Å². The third kappa shape index (κ3) is 2.45. The van der Waals surface area contributed by atoms with E-state index in [9.17, 15) is 4.79 Å². The van der Waals surface area contributed by atoms with Crippen LogP contribution in [0.3, 0.4) is 0 Å². The van der Waals surface area contributed by atoms with Crippen LogP contribution < -0.4 is 0 Å². The lowest BCUT2D eigenvalue weighted by molar-refractivity contribution is -0.139. The van der Waals surface area contributed by atoms with E-state index >= 15 is 0 Å². The van der Waals surface area contributed by atoms with Crippen molar-refractivity contribution in [2.24, 2.45) is 0 Å². The average molecular weight is 153 g/mol. The maximum atomic E-state index is 10.8. The van der Waals surface area contributed by atoms with Gasteiger partial charge in [-0.3, -0.25) is 4.79 Å². The van der Waals surface area contributed by atoms with Crippen LogP contribution in [0.2, 0.25) is 0 Å². The van der Waals surface area contributed by atoms with Crippen molar-refractivity contribution in [2.75, 3.05) is 0 Å². The van der Waals surface area contributed by atoms with Crippen molar-refractivity contribution in [2.45, 2.75) is 13.3 Å². The Kier molecular flexibility index (Phi) is 2.72. The van der Waals surface area contributed by atoms with Gasteiger partial charge < -0.3 is 9.15 Å². The summed E-state index contributed by atoms with van der Waals surface area (Å²) in [6.45, 7) is 3.01. The molecule has 59 valence electrons. The molecule has 3 nitrogen and oxygen atoms in total.